The van der Waals surface area contributed by atoms with E-state index in [-0.39, 0.29) is 51.1 Å². The number of aromatic hydroxyl groups is 2. The van der Waals surface area contributed by atoms with E-state index in [1.165, 1.54) is 0 Å². The molecule has 0 unspecified atom stereocenters. The molecule has 0 radical (unpaired) electrons. The molecule has 2 heterocycles. The first kappa shape index (κ1) is 15.6. The lowest BCUT2D eigenvalue weighted by Crippen LogP contribution is -2.07. The van der Waals surface area contributed by atoms with Crippen LogP contribution >= 0.6 is 49.7 Å². The molecule has 10 heteroatoms. The predicted molar refractivity (Wildman–Crippen MR) is 97.9 cm³/mol. The summed E-state index contributed by atoms with van der Waals surface area (Å²) in [6.07, 6.45) is 0. The van der Waals surface area contributed by atoms with Crippen LogP contribution in [0.5, 0.6) is 11.9 Å². The van der Waals surface area contributed by atoms with Crippen molar-refractivity contribution in [1.82, 2.24) is 0 Å². The van der Waals surface area contributed by atoms with Crippen molar-refractivity contribution in [1.29, 1.82) is 0 Å². The number of hydrogen-bond acceptors (Lipinski definition) is 10. The highest BCUT2D eigenvalue weighted by Gasteiger charge is 2.26. The lowest BCUT2D eigenvalue weighted by atomic mass is 9.97. The van der Waals surface area contributed by atoms with Crippen LogP contribution in [-0.2, 0) is 0 Å². The molecule has 24 heavy (non-hydrogen) atoms. The molecule has 6 nitrogen and oxygen atoms in total. The maximum Gasteiger partial charge on any atom is 0.348 e. The summed E-state index contributed by atoms with van der Waals surface area (Å²) in [5.74, 6) is -1.42. The molecule has 2 aromatic carbocycles. The van der Waals surface area contributed by atoms with E-state index in [2.05, 4.69) is 25.3 Å². The van der Waals surface area contributed by atoms with Gasteiger partial charge in [0.15, 0.2) is 0 Å². The fourth-order valence-corrected chi connectivity index (χ4v) is 4.08. The first-order valence-corrected chi connectivity index (χ1v) is 7.99. The molecular weight excluding hydrogens is 392 g/mol. The van der Waals surface area contributed by atoms with Gasteiger partial charge in [-0.05, 0) is 0 Å². The lowest BCUT2D eigenvalue weighted by Gasteiger charge is -2.14. The van der Waals surface area contributed by atoms with Crippen molar-refractivity contribution < 1.29 is 19.0 Å². The van der Waals surface area contributed by atoms with Gasteiger partial charge in [-0.2, -0.15) is 0 Å². The Kier molecular flexibility index (Phi) is 3.14. The van der Waals surface area contributed by atoms with Crippen LogP contribution in [-0.4, -0.2) is 10.2 Å². The zero-order valence-corrected chi connectivity index (χ0v) is 14.7. The zero-order valence-electron chi connectivity index (χ0n) is 11.2. The minimum atomic E-state index is -0.910. The lowest BCUT2D eigenvalue weighted by molar-refractivity contribution is 0.317. The summed E-state index contributed by atoms with van der Waals surface area (Å²) in [4.78, 5) is 24.6. The summed E-state index contributed by atoms with van der Waals surface area (Å²) in [6, 6.07) is 0. The van der Waals surface area contributed by atoms with Crippen molar-refractivity contribution in [2.45, 2.75) is 9.79 Å². The van der Waals surface area contributed by atoms with E-state index in [1.807, 2.05) is 0 Å². The van der Waals surface area contributed by atoms with E-state index < -0.39 is 23.1 Å². The smallest absolute Gasteiger partial charge is 0.348 e. The highest BCUT2D eigenvalue weighted by Crippen LogP contribution is 2.45. The fraction of sp³-hybridized carbons (Fsp3) is 0. The van der Waals surface area contributed by atoms with Crippen molar-refractivity contribution in [3.8, 4) is 11.9 Å². The van der Waals surface area contributed by atoms with Gasteiger partial charge in [0.2, 0.25) is 0 Å². The van der Waals surface area contributed by atoms with E-state index in [4.69, 9.17) is 33.3 Å². The largest absolute Gasteiger partial charge is 0.480 e. The summed E-state index contributed by atoms with van der Waals surface area (Å²) in [5.41, 5.74) is -1.80. The molecule has 0 saturated carbocycles. The molecule has 0 atom stereocenters. The molecule has 4 aromatic rings. The topological polar surface area (TPSA) is 101 Å². The summed E-state index contributed by atoms with van der Waals surface area (Å²) < 4.78 is 9.53. The number of rotatable bonds is 0. The van der Waals surface area contributed by atoms with Crippen LogP contribution in [0.1, 0.15) is 0 Å². The van der Waals surface area contributed by atoms with Crippen LogP contribution in [0, 0.1) is 9.02 Å². The van der Waals surface area contributed by atoms with Crippen molar-refractivity contribution in [2.75, 3.05) is 0 Å². The number of thiol groups is 2. The Hall–Kier alpha value is -1.88. The monoisotopic (exact) mass is 396 g/mol. The summed E-state index contributed by atoms with van der Waals surface area (Å²) in [6.45, 7) is 0. The molecule has 0 bridgehead atoms. The third-order valence-corrected chi connectivity index (χ3v) is 5.84. The SMILES string of the molecule is O=c1oc(O)c2c(=S)c(=S)c3c(=O)oc(O)c4c(S)c(S)c1c2c43. The second-order valence-corrected chi connectivity index (χ2v) is 6.71. The molecule has 120 valence electrons. The Balaban J connectivity index is 2.73. The summed E-state index contributed by atoms with van der Waals surface area (Å²) >= 11 is 18.9. The first-order chi connectivity index (χ1) is 11.3. The molecule has 0 amide bonds. The van der Waals surface area contributed by atoms with Gasteiger partial charge in [0.25, 0.3) is 11.9 Å². The summed E-state index contributed by atoms with van der Waals surface area (Å²) in [7, 11) is 0. The molecule has 2 N–H and O–H groups in total. The highest BCUT2D eigenvalue weighted by molar-refractivity contribution is 7.84. The van der Waals surface area contributed by atoms with Crippen LogP contribution in [0.25, 0.3) is 32.3 Å². The Morgan fingerprint density at radius 3 is 1.71 bits per heavy atom. The third-order valence-electron chi connectivity index (χ3n) is 3.82. The van der Waals surface area contributed by atoms with E-state index in [0.717, 1.165) is 0 Å². The number of benzene rings is 2. The standard InChI is InChI=1S/C14H4O6S4/c15-11-3-1-2-5(9(23)7(3)21)13(17)20-14(18)6(2)10(24)8(22)4(1)12(16)19-11/h15,18,21,23H. The molecule has 0 aliphatic rings. The van der Waals surface area contributed by atoms with Crippen molar-refractivity contribution in [3.05, 3.63) is 29.9 Å². The molecule has 0 aliphatic carbocycles. The van der Waals surface area contributed by atoms with Crippen molar-refractivity contribution >= 4 is 82.0 Å². The van der Waals surface area contributed by atoms with Crippen LogP contribution < -0.4 is 11.3 Å². The molecule has 0 fully saturated rings. The third kappa shape index (κ3) is 1.68. The van der Waals surface area contributed by atoms with Crippen LogP contribution in [0.4, 0.5) is 0 Å². The van der Waals surface area contributed by atoms with Gasteiger partial charge in [-0.25, -0.2) is 9.59 Å². The molecule has 4 rings (SSSR count). The van der Waals surface area contributed by atoms with Gasteiger partial charge in [-0.1, -0.05) is 24.4 Å². The Morgan fingerprint density at radius 2 is 1.08 bits per heavy atom. The van der Waals surface area contributed by atoms with E-state index >= 15 is 0 Å². The van der Waals surface area contributed by atoms with Gasteiger partial charge in [-0.15, -0.1) is 25.3 Å². The fourth-order valence-electron chi connectivity index (χ4n) is 2.86. The minimum absolute atomic E-state index is 0.00395. The molecular formula is C14H4O6S4. The van der Waals surface area contributed by atoms with Crippen LogP contribution in [0.2, 0.25) is 0 Å². The molecule has 0 spiro atoms. The summed E-state index contributed by atoms with van der Waals surface area (Å²) in [5, 5.41) is 20.3. The minimum Gasteiger partial charge on any atom is -0.480 e. The average molecular weight is 396 g/mol. The first-order valence-electron chi connectivity index (χ1n) is 6.28. The molecule has 2 aromatic heterocycles. The Bertz CT molecular complexity index is 1420. The maximum atomic E-state index is 12.2. The second-order valence-electron chi connectivity index (χ2n) is 4.99. The van der Waals surface area contributed by atoms with Crippen LogP contribution in [0.3, 0.4) is 0 Å². The molecule has 0 saturated heterocycles. The normalized spacial score (nSPS) is 11.9. The van der Waals surface area contributed by atoms with Gasteiger partial charge in [-0.3, -0.25) is 0 Å². The highest BCUT2D eigenvalue weighted by atomic mass is 32.1. The zero-order chi connectivity index (χ0) is 17.5. The molecule has 0 aliphatic heterocycles. The Morgan fingerprint density at radius 1 is 0.667 bits per heavy atom. The van der Waals surface area contributed by atoms with Gasteiger partial charge in [0, 0.05) is 20.6 Å². The second kappa shape index (κ2) is 4.82. The van der Waals surface area contributed by atoms with Gasteiger partial charge >= 0.3 is 11.3 Å². The Labute approximate surface area is 152 Å². The predicted octanol–water partition coefficient (Wildman–Crippen LogP) is 3.38. The number of hydrogen-bond donors (Lipinski definition) is 4. The van der Waals surface area contributed by atoms with Crippen molar-refractivity contribution in [2.24, 2.45) is 0 Å². The van der Waals surface area contributed by atoms with E-state index in [9.17, 15) is 19.8 Å². The quantitative estimate of drug-likeness (QED) is 0.204. The van der Waals surface area contributed by atoms with Gasteiger partial charge < -0.3 is 19.0 Å². The van der Waals surface area contributed by atoms with Gasteiger partial charge in [0.05, 0.1) is 30.6 Å². The van der Waals surface area contributed by atoms with Gasteiger partial charge in [0.1, 0.15) is 0 Å². The van der Waals surface area contributed by atoms with Crippen LogP contribution in [0.15, 0.2) is 28.2 Å². The van der Waals surface area contributed by atoms with E-state index in [0.29, 0.717) is 0 Å². The van der Waals surface area contributed by atoms with E-state index in [1.54, 1.807) is 0 Å². The maximum absolute atomic E-state index is 12.2. The van der Waals surface area contributed by atoms with Crippen molar-refractivity contribution in [3.63, 3.8) is 0 Å². The average Bonchev–Trinajstić information content (AvgIpc) is 2.49.